The fourth-order valence-corrected chi connectivity index (χ4v) is 7.70. The molecule has 4 rings (SSSR count). The highest BCUT2D eigenvalue weighted by molar-refractivity contribution is 4.99. The molecule has 32 heavy (non-hydrogen) atoms. The first-order valence-electron chi connectivity index (χ1n) is 13.9. The molecule has 188 valence electrons. The van der Waals surface area contributed by atoms with Crippen LogP contribution < -0.4 is 0 Å². The lowest BCUT2D eigenvalue weighted by molar-refractivity contribution is -0.0717. The van der Waals surface area contributed by atoms with Crippen LogP contribution in [0.15, 0.2) is 0 Å². The molecule has 0 aromatic carbocycles. The highest BCUT2D eigenvalue weighted by Crippen LogP contribution is 2.50. The summed E-state index contributed by atoms with van der Waals surface area (Å²) in [6.07, 6.45) is 5.77. The van der Waals surface area contributed by atoms with Crippen molar-refractivity contribution in [1.82, 2.24) is 0 Å². The van der Waals surface area contributed by atoms with E-state index in [9.17, 15) is 8.78 Å². The van der Waals surface area contributed by atoms with Crippen LogP contribution in [0, 0.1) is 47.3 Å². The van der Waals surface area contributed by atoms with Crippen LogP contribution in [0.2, 0.25) is 0 Å². The van der Waals surface area contributed by atoms with Gasteiger partial charge in [-0.3, -0.25) is 0 Å². The quantitative estimate of drug-likeness (QED) is 0.368. The SMILES string of the molecule is CC.CC1CCC(C2CCC(C3CCC(C4CCC(C)C(F)C4F)C(F)C3F)CC2)CC1. The van der Waals surface area contributed by atoms with Gasteiger partial charge in [-0.1, -0.05) is 40.5 Å². The molecule has 0 spiro atoms. The maximum atomic E-state index is 15.2. The van der Waals surface area contributed by atoms with Crippen molar-refractivity contribution in [2.24, 2.45) is 47.3 Å². The maximum absolute atomic E-state index is 15.2. The number of halogens is 4. The van der Waals surface area contributed by atoms with Gasteiger partial charge in [-0.2, -0.15) is 0 Å². The monoisotopic (exact) mass is 460 g/mol. The van der Waals surface area contributed by atoms with Crippen molar-refractivity contribution in [3.63, 3.8) is 0 Å². The highest BCUT2D eigenvalue weighted by Gasteiger charge is 2.51. The molecule has 4 aliphatic rings. The molecule has 4 heteroatoms. The van der Waals surface area contributed by atoms with Gasteiger partial charge in [0, 0.05) is 0 Å². The van der Waals surface area contributed by atoms with Gasteiger partial charge < -0.3 is 0 Å². The minimum Gasteiger partial charge on any atom is -0.244 e. The summed E-state index contributed by atoms with van der Waals surface area (Å²) >= 11 is 0. The van der Waals surface area contributed by atoms with E-state index >= 15 is 8.78 Å². The second-order valence-electron chi connectivity index (χ2n) is 11.6. The minimum atomic E-state index is -1.63. The van der Waals surface area contributed by atoms with E-state index in [4.69, 9.17) is 0 Å². The van der Waals surface area contributed by atoms with E-state index < -0.39 is 36.5 Å². The Balaban J connectivity index is 0.00000141. The molecule has 8 unspecified atom stereocenters. The van der Waals surface area contributed by atoms with E-state index in [1.165, 1.54) is 38.5 Å². The summed E-state index contributed by atoms with van der Waals surface area (Å²) in [7, 11) is 0. The summed E-state index contributed by atoms with van der Waals surface area (Å²) in [4.78, 5) is 0. The van der Waals surface area contributed by atoms with E-state index in [0.717, 1.165) is 30.6 Å². The van der Waals surface area contributed by atoms with Gasteiger partial charge in [0.25, 0.3) is 0 Å². The van der Waals surface area contributed by atoms with Crippen molar-refractivity contribution >= 4 is 0 Å². The van der Waals surface area contributed by atoms with Crippen LogP contribution in [-0.2, 0) is 0 Å². The summed E-state index contributed by atoms with van der Waals surface area (Å²) in [5.41, 5.74) is 0. The smallest absolute Gasteiger partial charge is 0.135 e. The minimum absolute atomic E-state index is 0.217. The molecule has 0 heterocycles. The Morgan fingerprint density at radius 1 is 0.406 bits per heavy atom. The van der Waals surface area contributed by atoms with Crippen LogP contribution in [0.5, 0.6) is 0 Å². The van der Waals surface area contributed by atoms with Gasteiger partial charge in [-0.05, 0) is 112 Å². The number of rotatable bonds is 3. The molecule has 0 N–H and O–H groups in total. The normalized spacial score (nSPS) is 50.2. The maximum Gasteiger partial charge on any atom is 0.135 e. The zero-order chi connectivity index (χ0) is 23.4. The van der Waals surface area contributed by atoms with Gasteiger partial charge in [0.15, 0.2) is 0 Å². The van der Waals surface area contributed by atoms with Crippen LogP contribution in [0.25, 0.3) is 0 Å². The van der Waals surface area contributed by atoms with E-state index in [2.05, 4.69) is 6.92 Å². The van der Waals surface area contributed by atoms with Crippen molar-refractivity contribution in [3.8, 4) is 0 Å². The van der Waals surface area contributed by atoms with Crippen molar-refractivity contribution in [2.75, 3.05) is 0 Å². The van der Waals surface area contributed by atoms with Gasteiger partial charge in [0.1, 0.15) is 24.7 Å². The molecule has 0 aromatic rings. The first-order chi connectivity index (χ1) is 15.4. The van der Waals surface area contributed by atoms with E-state index in [-0.39, 0.29) is 17.8 Å². The molecule has 4 saturated carbocycles. The van der Waals surface area contributed by atoms with Crippen molar-refractivity contribution in [1.29, 1.82) is 0 Å². The van der Waals surface area contributed by atoms with Crippen molar-refractivity contribution in [2.45, 2.75) is 129 Å². The fraction of sp³-hybridized carbons (Fsp3) is 1.00. The molecular weight excluding hydrogens is 412 g/mol. The van der Waals surface area contributed by atoms with Crippen LogP contribution in [0.3, 0.4) is 0 Å². The molecule has 0 aromatic heterocycles. The zero-order valence-corrected chi connectivity index (χ0v) is 20.9. The summed E-state index contributed by atoms with van der Waals surface area (Å²) in [5, 5.41) is 0. The average Bonchev–Trinajstić information content (AvgIpc) is 2.82. The van der Waals surface area contributed by atoms with Crippen LogP contribution in [-0.4, -0.2) is 24.7 Å². The van der Waals surface area contributed by atoms with Gasteiger partial charge in [0.2, 0.25) is 0 Å². The molecule has 0 nitrogen and oxygen atoms in total. The molecule has 4 aliphatic carbocycles. The zero-order valence-electron chi connectivity index (χ0n) is 20.9. The highest BCUT2D eigenvalue weighted by atomic mass is 19.2. The Bertz CT molecular complexity index is 538. The van der Waals surface area contributed by atoms with Crippen molar-refractivity contribution in [3.05, 3.63) is 0 Å². The molecule has 8 atom stereocenters. The lowest BCUT2D eigenvalue weighted by Gasteiger charge is -2.46. The Kier molecular flexibility index (Phi) is 9.80. The molecule has 4 fully saturated rings. The summed E-state index contributed by atoms with van der Waals surface area (Å²) in [6, 6.07) is 0. The van der Waals surface area contributed by atoms with E-state index in [1.807, 2.05) is 13.8 Å². The average molecular weight is 461 g/mol. The number of hydrogen-bond acceptors (Lipinski definition) is 0. The fourth-order valence-electron chi connectivity index (χ4n) is 7.70. The van der Waals surface area contributed by atoms with Gasteiger partial charge >= 0.3 is 0 Å². The number of hydrogen-bond donors (Lipinski definition) is 0. The first-order valence-corrected chi connectivity index (χ1v) is 13.9. The van der Waals surface area contributed by atoms with Crippen LogP contribution in [0.1, 0.15) is 105 Å². The van der Waals surface area contributed by atoms with Crippen LogP contribution >= 0.6 is 0 Å². The molecule has 0 amide bonds. The third kappa shape index (κ3) is 5.68. The number of alkyl halides is 4. The molecule has 0 radical (unpaired) electrons. The van der Waals surface area contributed by atoms with E-state index in [0.29, 0.717) is 25.7 Å². The van der Waals surface area contributed by atoms with Gasteiger partial charge in [-0.25, -0.2) is 17.6 Å². The van der Waals surface area contributed by atoms with Gasteiger partial charge in [0.05, 0.1) is 0 Å². The Labute approximate surface area is 194 Å². The summed E-state index contributed by atoms with van der Waals surface area (Å²) in [6.45, 7) is 8.07. The molecule has 0 bridgehead atoms. The Morgan fingerprint density at radius 2 is 0.781 bits per heavy atom. The molecule has 0 saturated heterocycles. The van der Waals surface area contributed by atoms with Crippen LogP contribution in [0.4, 0.5) is 17.6 Å². The lowest BCUT2D eigenvalue weighted by atomic mass is 9.62. The third-order valence-corrected chi connectivity index (χ3v) is 9.87. The summed E-state index contributed by atoms with van der Waals surface area (Å²) < 4.78 is 59.2. The Morgan fingerprint density at radius 3 is 1.34 bits per heavy atom. The predicted octanol–water partition coefficient (Wildman–Crippen LogP) is 9.07. The second kappa shape index (κ2) is 11.9. The largest absolute Gasteiger partial charge is 0.244 e. The van der Waals surface area contributed by atoms with E-state index in [1.54, 1.807) is 6.92 Å². The lowest BCUT2D eigenvalue weighted by Crippen LogP contribution is -2.49. The molecular formula is C28H48F4. The second-order valence-corrected chi connectivity index (χ2v) is 11.6. The first kappa shape index (κ1) is 26.3. The standard InChI is InChI=1S/C26H42F4.C2H6/c1-15-3-6-17(7-4-15)18-8-10-19(11-9-18)20-13-14-22(26(30)24(20)28)21-12-5-16(2)23(27)25(21)29;1-2/h15-26H,3-14H2,1-2H3;1-2H3. The van der Waals surface area contributed by atoms with Crippen molar-refractivity contribution < 1.29 is 17.6 Å². The summed E-state index contributed by atoms with van der Waals surface area (Å²) in [5.74, 6) is 0.955. The molecule has 0 aliphatic heterocycles. The van der Waals surface area contributed by atoms with Gasteiger partial charge in [-0.15, -0.1) is 0 Å². The Hall–Kier alpha value is -0.280. The topological polar surface area (TPSA) is 0 Å². The third-order valence-electron chi connectivity index (χ3n) is 9.87. The predicted molar refractivity (Wildman–Crippen MR) is 126 cm³/mol.